The first-order valence-electron chi connectivity index (χ1n) is 10.7. The van der Waals surface area contributed by atoms with E-state index in [-0.39, 0.29) is 5.97 Å². The molecule has 0 saturated heterocycles. The fourth-order valence-corrected chi connectivity index (χ4v) is 4.10. The largest absolute Gasteiger partial charge is 0.465 e. The predicted molar refractivity (Wildman–Crippen MR) is 121 cm³/mol. The minimum atomic E-state index is -0.561. The highest BCUT2D eigenvalue weighted by molar-refractivity contribution is 5.90. The van der Waals surface area contributed by atoms with Crippen LogP contribution in [0.15, 0.2) is 60.8 Å². The smallest absolute Gasteiger partial charge is 0.337 e. The van der Waals surface area contributed by atoms with E-state index in [9.17, 15) is 9.90 Å². The molecular weight excluding hydrogens is 388 g/mol. The Morgan fingerprint density at radius 2 is 1.90 bits per heavy atom. The van der Waals surface area contributed by atoms with Crippen LogP contribution in [0.4, 0.5) is 0 Å². The van der Waals surface area contributed by atoms with Crippen LogP contribution in [0.3, 0.4) is 0 Å². The van der Waals surface area contributed by atoms with Crippen molar-refractivity contribution in [2.24, 2.45) is 0 Å². The van der Waals surface area contributed by atoms with Crippen LogP contribution in [-0.2, 0) is 17.6 Å². The topological polar surface area (TPSA) is 71.5 Å². The first-order valence-corrected chi connectivity index (χ1v) is 10.7. The van der Waals surface area contributed by atoms with Crippen LogP contribution in [0.25, 0.3) is 11.1 Å². The molecule has 0 bridgehead atoms. The molecular formula is C26H28N2O3. The monoisotopic (exact) mass is 416 g/mol. The Labute approximate surface area is 183 Å². The number of fused-ring (bicyclic) bond motifs is 1. The Morgan fingerprint density at radius 1 is 1.13 bits per heavy atom. The Kier molecular flexibility index (Phi) is 6.44. The lowest BCUT2D eigenvalue weighted by atomic mass is 9.86. The van der Waals surface area contributed by atoms with E-state index in [1.165, 1.54) is 18.2 Å². The Bertz CT molecular complexity index is 1050. The van der Waals surface area contributed by atoms with Crippen molar-refractivity contribution in [2.75, 3.05) is 13.7 Å². The summed E-state index contributed by atoms with van der Waals surface area (Å²) in [5.41, 5.74) is 7.28. The normalized spacial score (nSPS) is 16.4. The highest BCUT2D eigenvalue weighted by Gasteiger charge is 2.20. The van der Waals surface area contributed by atoms with Gasteiger partial charge in [0, 0.05) is 30.0 Å². The molecule has 0 unspecified atom stereocenters. The average molecular weight is 417 g/mol. The van der Waals surface area contributed by atoms with Gasteiger partial charge in [0.1, 0.15) is 0 Å². The van der Waals surface area contributed by atoms with Crippen LogP contribution < -0.4 is 5.32 Å². The summed E-state index contributed by atoms with van der Waals surface area (Å²) in [6, 6.07) is 18.3. The van der Waals surface area contributed by atoms with Gasteiger partial charge in [-0.2, -0.15) is 0 Å². The van der Waals surface area contributed by atoms with Crippen LogP contribution in [0, 0.1) is 6.92 Å². The standard InChI is InChI=1S/C26H28N2O3/c1-17-3-4-22(15-27-17)25(29)16-28-24-12-11-19-7-10-21(13-23(19)14-24)18-5-8-20(9-6-18)26(30)31-2/h3-10,13,15,24-25,28-29H,11-12,14,16H2,1-2H3/t24-,25+/m0/s1. The lowest BCUT2D eigenvalue weighted by Gasteiger charge is -2.27. The van der Waals surface area contributed by atoms with E-state index >= 15 is 0 Å². The highest BCUT2D eigenvalue weighted by atomic mass is 16.5. The maximum absolute atomic E-state index is 11.7. The Hall–Kier alpha value is -3.02. The number of nitrogens with one attached hydrogen (secondary N) is 1. The Balaban J connectivity index is 1.41. The van der Waals surface area contributed by atoms with Gasteiger partial charge in [-0.3, -0.25) is 4.98 Å². The number of ether oxygens (including phenoxy) is 1. The third kappa shape index (κ3) is 5.01. The third-order valence-electron chi connectivity index (χ3n) is 5.99. The van der Waals surface area contributed by atoms with Gasteiger partial charge in [-0.25, -0.2) is 4.79 Å². The summed E-state index contributed by atoms with van der Waals surface area (Å²) in [7, 11) is 1.39. The van der Waals surface area contributed by atoms with Crippen molar-refractivity contribution in [3.8, 4) is 11.1 Å². The van der Waals surface area contributed by atoms with E-state index in [4.69, 9.17) is 4.74 Å². The number of benzene rings is 2. The number of carbonyl (C=O) groups excluding carboxylic acids is 1. The van der Waals surface area contributed by atoms with Crippen molar-refractivity contribution < 1.29 is 14.6 Å². The molecule has 3 aromatic rings. The minimum Gasteiger partial charge on any atom is -0.465 e. The molecule has 0 saturated carbocycles. The number of pyridine rings is 1. The summed E-state index contributed by atoms with van der Waals surface area (Å²) in [4.78, 5) is 15.9. The maximum atomic E-state index is 11.7. The number of rotatable bonds is 6. The number of aliphatic hydroxyl groups is 1. The maximum Gasteiger partial charge on any atom is 0.337 e. The number of aromatic nitrogens is 1. The van der Waals surface area contributed by atoms with Crippen molar-refractivity contribution in [2.45, 2.75) is 38.3 Å². The number of methoxy groups -OCH3 is 1. The summed E-state index contributed by atoms with van der Waals surface area (Å²) < 4.78 is 4.77. The molecule has 5 nitrogen and oxygen atoms in total. The van der Waals surface area contributed by atoms with Crippen molar-refractivity contribution in [1.82, 2.24) is 10.3 Å². The fraction of sp³-hybridized carbons (Fsp3) is 0.308. The number of carbonyl (C=O) groups is 1. The van der Waals surface area contributed by atoms with Gasteiger partial charge in [0.25, 0.3) is 0 Å². The van der Waals surface area contributed by atoms with Crippen molar-refractivity contribution >= 4 is 5.97 Å². The summed E-state index contributed by atoms with van der Waals surface area (Å²) in [6.07, 6.45) is 4.20. The molecule has 2 N–H and O–H groups in total. The molecule has 0 spiro atoms. The number of esters is 1. The van der Waals surface area contributed by atoms with Gasteiger partial charge in [0.05, 0.1) is 18.8 Å². The van der Waals surface area contributed by atoms with E-state index < -0.39 is 6.10 Å². The summed E-state index contributed by atoms with van der Waals surface area (Å²) in [5, 5.41) is 14.0. The van der Waals surface area contributed by atoms with E-state index in [0.717, 1.165) is 41.6 Å². The molecule has 1 aromatic heterocycles. The molecule has 4 rings (SSSR count). The molecule has 31 heavy (non-hydrogen) atoms. The summed E-state index contributed by atoms with van der Waals surface area (Å²) in [6.45, 7) is 2.45. The highest BCUT2D eigenvalue weighted by Crippen LogP contribution is 2.28. The molecule has 0 amide bonds. The fourth-order valence-electron chi connectivity index (χ4n) is 4.10. The van der Waals surface area contributed by atoms with Crippen molar-refractivity contribution in [3.05, 3.63) is 88.7 Å². The zero-order valence-corrected chi connectivity index (χ0v) is 18.0. The number of aryl methyl sites for hydroxylation is 2. The molecule has 1 heterocycles. The number of nitrogens with zero attached hydrogens (tertiary/aromatic N) is 1. The van der Waals surface area contributed by atoms with E-state index in [1.54, 1.807) is 18.3 Å². The van der Waals surface area contributed by atoms with E-state index in [1.807, 2.05) is 31.2 Å². The predicted octanol–water partition coefficient (Wildman–Crippen LogP) is 4.02. The van der Waals surface area contributed by atoms with Gasteiger partial charge in [0.2, 0.25) is 0 Å². The van der Waals surface area contributed by atoms with Gasteiger partial charge >= 0.3 is 5.97 Å². The molecule has 1 aliphatic rings. The second-order valence-corrected chi connectivity index (χ2v) is 8.15. The van der Waals surface area contributed by atoms with Gasteiger partial charge in [-0.05, 0) is 66.6 Å². The lowest BCUT2D eigenvalue weighted by molar-refractivity contribution is 0.0600. The third-order valence-corrected chi connectivity index (χ3v) is 5.99. The van der Waals surface area contributed by atoms with Gasteiger partial charge in [-0.15, -0.1) is 0 Å². The zero-order valence-electron chi connectivity index (χ0n) is 18.0. The first kappa shape index (κ1) is 21.2. The van der Waals surface area contributed by atoms with Crippen molar-refractivity contribution in [3.63, 3.8) is 0 Å². The van der Waals surface area contributed by atoms with Crippen molar-refractivity contribution in [1.29, 1.82) is 0 Å². The molecule has 0 radical (unpaired) electrons. The second-order valence-electron chi connectivity index (χ2n) is 8.15. The molecule has 2 aromatic carbocycles. The number of aliphatic hydroxyl groups excluding tert-OH is 1. The first-order chi connectivity index (χ1) is 15.0. The summed E-state index contributed by atoms with van der Waals surface area (Å²) >= 11 is 0. The second kappa shape index (κ2) is 9.41. The average Bonchev–Trinajstić information content (AvgIpc) is 2.82. The minimum absolute atomic E-state index is 0.325. The van der Waals surface area contributed by atoms with Crippen LogP contribution in [0.2, 0.25) is 0 Å². The van der Waals surface area contributed by atoms with E-state index in [2.05, 4.69) is 28.5 Å². The van der Waals surface area contributed by atoms with Crippen LogP contribution in [-0.4, -0.2) is 35.8 Å². The Morgan fingerprint density at radius 3 is 2.61 bits per heavy atom. The van der Waals surface area contributed by atoms with E-state index in [0.29, 0.717) is 18.2 Å². The summed E-state index contributed by atoms with van der Waals surface area (Å²) in [5.74, 6) is -0.325. The molecule has 2 atom stereocenters. The zero-order chi connectivity index (χ0) is 21.8. The molecule has 0 aliphatic heterocycles. The lowest BCUT2D eigenvalue weighted by Crippen LogP contribution is -2.37. The SMILES string of the molecule is COC(=O)c1ccc(-c2ccc3c(c2)C[C@@H](NC[C@@H](O)c2ccc(C)nc2)CC3)cc1. The molecule has 160 valence electrons. The number of hydrogen-bond acceptors (Lipinski definition) is 5. The molecule has 1 aliphatic carbocycles. The number of hydrogen-bond donors (Lipinski definition) is 2. The van der Waals surface area contributed by atoms with Gasteiger partial charge in [0.15, 0.2) is 0 Å². The van der Waals surface area contributed by atoms with Crippen LogP contribution in [0.5, 0.6) is 0 Å². The quantitative estimate of drug-likeness (QED) is 0.594. The van der Waals surface area contributed by atoms with Crippen LogP contribution in [0.1, 0.15) is 45.3 Å². The van der Waals surface area contributed by atoms with Gasteiger partial charge < -0.3 is 15.2 Å². The van der Waals surface area contributed by atoms with Crippen LogP contribution >= 0.6 is 0 Å². The van der Waals surface area contributed by atoms with Gasteiger partial charge in [-0.1, -0.05) is 36.4 Å². The molecule has 0 fully saturated rings. The molecule has 5 heteroatoms.